The number of rotatable bonds is 5. The van der Waals surface area contributed by atoms with Crippen LogP contribution in [0, 0.1) is 0 Å². The van der Waals surface area contributed by atoms with E-state index in [0.29, 0.717) is 11.3 Å². The van der Waals surface area contributed by atoms with Gasteiger partial charge in [-0.2, -0.15) is 11.3 Å². The number of aromatic nitrogens is 1. The highest BCUT2D eigenvalue weighted by atomic mass is 32.1. The molecule has 4 N–H and O–H groups in total. The first-order chi connectivity index (χ1) is 9.00. The number of aliphatic hydroxyl groups is 1. The van der Waals surface area contributed by atoms with Crippen LogP contribution < -0.4 is 11.1 Å². The maximum absolute atomic E-state index is 11.3. The standard InChI is InChI=1S/C13H15N3O2S/c1-13(18,9-3-5-19-7-9)8-16-11-2-4-15-6-10(11)12(14)17/h2-7,18H,8H2,1H3,(H2,14,17)(H,15,16). The highest BCUT2D eigenvalue weighted by Crippen LogP contribution is 2.24. The van der Waals surface area contributed by atoms with Gasteiger partial charge in [-0.15, -0.1) is 0 Å². The molecule has 19 heavy (non-hydrogen) atoms. The average Bonchev–Trinajstić information content (AvgIpc) is 2.91. The molecule has 0 spiro atoms. The molecule has 0 aliphatic carbocycles. The van der Waals surface area contributed by atoms with Crippen molar-refractivity contribution in [2.24, 2.45) is 5.73 Å². The van der Waals surface area contributed by atoms with Gasteiger partial charge in [0.1, 0.15) is 5.60 Å². The lowest BCUT2D eigenvalue weighted by Crippen LogP contribution is -2.31. The molecular weight excluding hydrogens is 262 g/mol. The number of anilines is 1. The van der Waals surface area contributed by atoms with Crippen LogP contribution in [0.4, 0.5) is 5.69 Å². The SMILES string of the molecule is CC(O)(CNc1ccncc1C(N)=O)c1ccsc1. The fraction of sp³-hybridized carbons (Fsp3) is 0.231. The van der Waals surface area contributed by atoms with Crippen molar-refractivity contribution in [1.29, 1.82) is 0 Å². The maximum Gasteiger partial charge on any atom is 0.252 e. The fourth-order valence-corrected chi connectivity index (χ4v) is 2.47. The number of hydrogen-bond donors (Lipinski definition) is 3. The summed E-state index contributed by atoms with van der Waals surface area (Å²) in [6.07, 6.45) is 2.97. The van der Waals surface area contributed by atoms with Gasteiger partial charge in [0.2, 0.25) is 0 Å². The van der Waals surface area contributed by atoms with Gasteiger partial charge < -0.3 is 16.2 Å². The second-order valence-corrected chi connectivity index (χ2v) is 5.20. The molecule has 0 saturated carbocycles. The number of carbonyl (C=O) groups is 1. The first-order valence-corrected chi connectivity index (χ1v) is 6.68. The molecule has 2 heterocycles. The van der Waals surface area contributed by atoms with Crippen LogP contribution in [0.3, 0.4) is 0 Å². The van der Waals surface area contributed by atoms with Crippen molar-refractivity contribution in [3.63, 3.8) is 0 Å². The first-order valence-electron chi connectivity index (χ1n) is 5.73. The van der Waals surface area contributed by atoms with Crippen molar-refractivity contribution >= 4 is 22.9 Å². The molecule has 0 fully saturated rings. The Morgan fingerprint density at radius 1 is 1.58 bits per heavy atom. The molecule has 2 rings (SSSR count). The van der Waals surface area contributed by atoms with E-state index in [1.54, 1.807) is 19.2 Å². The van der Waals surface area contributed by atoms with Crippen molar-refractivity contribution in [2.75, 3.05) is 11.9 Å². The number of primary amides is 1. The van der Waals surface area contributed by atoms with Crippen LogP contribution in [0.1, 0.15) is 22.8 Å². The Labute approximate surface area is 115 Å². The number of nitrogens with zero attached hydrogens (tertiary/aromatic N) is 1. The van der Waals surface area contributed by atoms with Crippen LogP contribution in [0.2, 0.25) is 0 Å². The Kier molecular flexibility index (Phi) is 3.82. The number of carbonyl (C=O) groups excluding carboxylic acids is 1. The second kappa shape index (κ2) is 5.38. The molecule has 0 bridgehead atoms. The van der Waals surface area contributed by atoms with Crippen molar-refractivity contribution in [3.05, 3.63) is 46.4 Å². The molecule has 6 heteroatoms. The number of pyridine rings is 1. The fourth-order valence-electron chi connectivity index (χ4n) is 1.69. The summed E-state index contributed by atoms with van der Waals surface area (Å²) in [5.74, 6) is -0.550. The van der Waals surface area contributed by atoms with Crippen LogP contribution in [0.15, 0.2) is 35.3 Å². The molecule has 0 aliphatic heterocycles. The molecular formula is C13H15N3O2S. The summed E-state index contributed by atoms with van der Waals surface area (Å²) in [6.45, 7) is 1.99. The second-order valence-electron chi connectivity index (χ2n) is 4.42. The van der Waals surface area contributed by atoms with Crippen molar-refractivity contribution in [2.45, 2.75) is 12.5 Å². The van der Waals surface area contributed by atoms with E-state index in [1.165, 1.54) is 17.5 Å². The van der Waals surface area contributed by atoms with Crippen molar-refractivity contribution in [1.82, 2.24) is 4.98 Å². The zero-order valence-electron chi connectivity index (χ0n) is 10.5. The van der Waals surface area contributed by atoms with Crippen molar-refractivity contribution in [3.8, 4) is 0 Å². The molecule has 2 aromatic rings. The maximum atomic E-state index is 11.3. The third-order valence-electron chi connectivity index (χ3n) is 2.85. The smallest absolute Gasteiger partial charge is 0.252 e. The molecule has 5 nitrogen and oxygen atoms in total. The Morgan fingerprint density at radius 2 is 2.37 bits per heavy atom. The summed E-state index contributed by atoms with van der Waals surface area (Å²) < 4.78 is 0. The van der Waals surface area contributed by atoms with Gasteiger partial charge in [-0.1, -0.05) is 0 Å². The van der Waals surface area contributed by atoms with Crippen LogP contribution in [0.5, 0.6) is 0 Å². The number of nitrogens with two attached hydrogens (primary N) is 1. The van der Waals surface area contributed by atoms with E-state index in [1.807, 2.05) is 16.8 Å². The molecule has 0 aromatic carbocycles. The molecule has 0 radical (unpaired) electrons. The Hall–Kier alpha value is -1.92. The summed E-state index contributed by atoms with van der Waals surface area (Å²) in [6, 6.07) is 3.53. The van der Waals surface area contributed by atoms with E-state index in [9.17, 15) is 9.90 Å². The molecule has 0 saturated heterocycles. The van der Waals surface area contributed by atoms with Crippen LogP contribution in [-0.2, 0) is 5.60 Å². The Bertz CT molecular complexity index is 567. The highest BCUT2D eigenvalue weighted by Gasteiger charge is 2.23. The molecule has 1 amide bonds. The summed E-state index contributed by atoms with van der Waals surface area (Å²) in [5, 5.41) is 17.2. The van der Waals surface area contributed by atoms with E-state index in [-0.39, 0.29) is 6.54 Å². The molecule has 0 aliphatic rings. The van der Waals surface area contributed by atoms with Crippen LogP contribution >= 0.6 is 11.3 Å². The number of hydrogen-bond acceptors (Lipinski definition) is 5. The van der Waals surface area contributed by atoms with E-state index in [4.69, 9.17) is 5.73 Å². The van der Waals surface area contributed by atoms with Gasteiger partial charge in [0, 0.05) is 18.9 Å². The van der Waals surface area contributed by atoms with Gasteiger partial charge in [-0.05, 0) is 35.4 Å². The predicted octanol–water partition coefficient (Wildman–Crippen LogP) is 1.56. The third kappa shape index (κ3) is 3.10. The minimum atomic E-state index is -1.02. The lowest BCUT2D eigenvalue weighted by atomic mass is 9.99. The Morgan fingerprint density at radius 3 is 3.00 bits per heavy atom. The van der Waals surface area contributed by atoms with Gasteiger partial charge in [0.25, 0.3) is 5.91 Å². The molecule has 100 valence electrons. The summed E-state index contributed by atoms with van der Waals surface area (Å²) in [7, 11) is 0. The lowest BCUT2D eigenvalue weighted by Gasteiger charge is -2.24. The summed E-state index contributed by atoms with van der Waals surface area (Å²) in [4.78, 5) is 15.1. The summed E-state index contributed by atoms with van der Waals surface area (Å²) in [5.41, 5.74) is 5.96. The van der Waals surface area contributed by atoms with Gasteiger partial charge in [-0.3, -0.25) is 9.78 Å². The summed E-state index contributed by atoms with van der Waals surface area (Å²) >= 11 is 1.52. The van der Waals surface area contributed by atoms with E-state index in [2.05, 4.69) is 10.3 Å². The van der Waals surface area contributed by atoms with Gasteiger partial charge in [0.15, 0.2) is 0 Å². The third-order valence-corrected chi connectivity index (χ3v) is 3.54. The topological polar surface area (TPSA) is 88.2 Å². The largest absolute Gasteiger partial charge is 0.384 e. The average molecular weight is 277 g/mol. The minimum Gasteiger partial charge on any atom is -0.384 e. The first kappa shape index (κ1) is 13.5. The van der Waals surface area contributed by atoms with Crippen LogP contribution in [0.25, 0.3) is 0 Å². The monoisotopic (exact) mass is 277 g/mol. The minimum absolute atomic E-state index is 0.272. The number of nitrogens with one attached hydrogen (secondary N) is 1. The Balaban J connectivity index is 2.13. The quantitative estimate of drug-likeness (QED) is 0.774. The normalized spacial score (nSPS) is 13.8. The zero-order valence-corrected chi connectivity index (χ0v) is 11.3. The number of thiophene rings is 1. The predicted molar refractivity (Wildman–Crippen MR) is 75.1 cm³/mol. The molecule has 2 aromatic heterocycles. The highest BCUT2D eigenvalue weighted by molar-refractivity contribution is 7.08. The van der Waals surface area contributed by atoms with Crippen molar-refractivity contribution < 1.29 is 9.90 Å². The zero-order chi connectivity index (χ0) is 13.9. The van der Waals surface area contributed by atoms with Gasteiger partial charge in [-0.25, -0.2) is 0 Å². The van der Waals surface area contributed by atoms with Gasteiger partial charge >= 0.3 is 0 Å². The van der Waals surface area contributed by atoms with Crippen LogP contribution in [-0.4, -0.2) is 22.5 Å². The lowest BCUT2D eigenvalue weighted by molar-refractivity contribution is 0.0719. The van der Waals surface area contributed by atoms with E-state index < -0.39 is 11.5 Å². The van der Waals surface area contributed by atoms with E-state index in [0.717, 1.165) is 5.56 Å². The van der Waals surface area contributed by atoms with Gasteiger partial charge in [0.05, 0.1) is 11.3 Å². The number of amides is 1. The molecule has 1 atom stereocenters. The van der Waals surface area contributed by atoms with E-state index >= 15 is 0 Å². The molecule has 1 unspecified atom stereocenters.